The van der Waals surface area contributed by atoms with Crippen molar-refractivity contribution in [2.24, 2.45) is 0 Å². The van der Waals surface area contributed by atoms with Crippen molar-refractivity contribution in [3.63, 3.8) is 0 Å². The third-order valence-electron chi connectivity index (χ3n) is 2.76. The van der Waals surface area contributed by atoms with Crippen LogP contribution in [0.5, 0.6) is 0 Å². The molecule has 2 rings (SSSR count). The number of carbonyl (C=O) groups is 2. The molecule has 0 atom stereocenters. The lowest BCUT2D eigenvalue weighted by Gasteiger charge is -2.20. The molecule has 8 heteroatoms. The number of aromatic nitrogens is 2. The van der Waals surface area contributed by atoms with Gasteiger partial charge in [-0.25, -0.2) is 9.78 Å². The highest BCUT2D eigenvalue weighted by Gasteiger charge is 2.31. The van der Waals surface area contributed by atoms with Gasteiger partial charge in [-0.05, 0) is 13.8 Å². The molecule has 1 amide bonds. The Morgan fingerprint density at radius 2 is 2.21 bits per heavy atom. The lowest BCUT2D eigenvalue weighted by atomic mass is 10.1. The van der Waals surface area contributed by atoms with Crippen LogP contribution in [-0.2, 0) is 11.3 Å². The maximum Gasteiger partial charge on any atom is 0.328 e. The second-order valence-corrected chi connectivity index (χ2v) is 5.71. The molecule has 0 bridgehead atoms. The summed E-state index contributed by atoms with van der Waals surface area (Å²) in [7, 11) is 0. The number of nitrogens with one attached hydrogen (secondary N) is 1. The van der Waals surface area contributed by atoms with Gasteiger partial charge in [0.1, 0.15) is 11.1 Å². The van der Waals surface area contributed by atoms with Crippen LogP contribution in [0.2, 0.25) is 0 Å². The van der Waals surface area contributed by atoms with Crippen LogP contribution < -0.4 is 10.9 Å². The number of rotatable bonds is 3. The fourth-order valence-electron chi connectivity index (χ4n) is 1.58. The molecule has 2 N–H and O–H groups in total. The monoisotopic (exact) mass is 283 g/mol. The molecule has 2 heterocycles. The fourth-order valence-corrected chi connectivity index (χ4v) is 2.49. The average Bonchev–Trinajstić information content (AvgIpc) is 2.77. The van der Waals surface area contributed by atoms with E-state index in [0.29, 0.717) is 11.7 Å². The summed E-state index contributed by atoms with van der Waals surface area (Å²) in [5, 5.41) is 11.8. The van der Waals surface area contributed by atoms with Gasteiger partial charge in [0.15, 0.2) is 5.16 Å². The van der Waals surface area contributed by atoms with Crippen LogP contribution in [0.3, 0.4) is 0 Å². The predicted molar refractivity (Wildman–Crippen MR) is 68.4 cm³/mol. The van der Waals surface area contributed by atoms with Crippen LogP contribution >= 0.6 is 11.8 Å². The van der Waals surface area contributed by atoms with Crippen LogP contribution in [0.4, 0.5) is 0 Å². The van der Waals surface area contributed by atoms with Crippen LogP contribution in [-0.4, -0.2) is 37.8 Å². The first-order chi connectivity index (χ1) is 8.83. The Morgan fingerprint density at radius 3 is 2.84 bits per heavy atom. The second-order valence-electron chi connectivity index (χ2n) is 4.64. The molecule has 0 aliphatic carbocycles. The zero-order valence-corrected chi connectivity index (χ0v) is 11.3. The van der Waals surface area contributed by atoms with Gasteiger partial charge in [-0.2, -0.15) is 0 Å². The Labute approximate surface area is 113 Å². The maximum absolute atomic E-state index is 12.1. The standard InChI is InChI=1S/C11H13N3O4S/c1-11(2,9(17)18)13-7(15)6-5-12-10-14(8(6)16)3-4-19-10/h5H,3-4H2,1-2H3,(H,13,15)(H,17,18). The quantitative estimate of drug-likeness (QED) is 0.754. The Balaban J connectivity index is 2.31. The molecule has 1 aliphatic heterocycles. The van der Waals surface area contributed by atoms with Gasteiger partial charge < -0.3 is 10.4 Å². The Hall–Kier alpha value is -1.83. The van der Waals surface area contributed by atoms with Crippen molar-refractivity contribution in [1.82, 2.24) is 14.9 Å². The summed E-state index contributed by atoms with van der Waals surface area (Å²) < 4.78 is 1.42. The highest BCUT2D eigenvalue weighted by atomic mass is 32.2. The SMILES string of the molecule is CC(C)(NC(=O)c1cnc2n(c1=O)CCS2)C(=O)O. The normalized spacial score (nSPS) is 14.0. The van der Waals surface area contributed by atoms with E-state index in [0.717, 1.165) is 5.75 Å². The molecule has 19 heavy (non-hydrogen) atoms. The molecule has 0 fully saturated rings. The summed E-state index contributed by atoms with van der Waals surface area (Å²) in [6, 6.07) is 0. The van der Waals surface area contributed by atoms with Crippen molar-refractivity contribution in [2.45, 2.75) is 31.1 Å². The minimum absolute atomic E-state index is 0.138. The summed E-state index contributed by atoms with van der Waals surface area (Å²) in [5.41, 5.74) is -2.02. The molecule has 0 saturated heterocycles. The van der Waals surface area contributed by atoms with E-state index in [1.54, 1.807) is 0 Å². The van der Waals surface area contributed by atoms with E-state index in [1.165, 1.54) is 36.4 Å². The summed E-state index contributed by atoms with van der Waals surface area (Å²) in [6.45, 7) is 3.21. The summed E-state index contributed by atoms with van der Waals surface area (Å²) >= 11 is 1.45. The van der Waals surface area contributed by atoms with E-state index in [2.05, 4.69) is 10.3 Å². The van der Waals surface area contributed by atoms with Crippen LogP contribution in [0.15, 0.2) is 16.1 Å². The highest BCUT2D eigenvalue weighted by molar-refractivity contribution is 7.99. The number of carboxylic acids is 1. The van der Waals surface area contributed by atoms with Crippen LogP contribution in [0, 0.1) is 0 Å². The summed E-state index contributed by atoms with van der Waals surface area (Å²) in [6.07, 6.45) is 1.19. The number of fused-ring (bicyclic) bond motifs is 1. The Bertz CT molecular complexity index is 608. The number of aliphatic carboxylic acids is 1. The van der Waals surface area contributed by atoms with Crippen molar-refractivity contribution in [3.05, 3.63) is 22.1 Å². The molecular formula is C11H13N3O4S. The Morgan fingerprint density at radius 1 is 1.53 bits per heavy atom. The third-order valence-corrected chi connectivity index (χ3v) is 3.73. The van der Waals surface area contributed by atoms with Gasteiger partial charge >= 0.3 is 5.97 Å². The summed E-state index contributed by atoms with van der Waals surface area (Å²) in [5.74, 6) is -1.16. The molecule has 0 saturated carbocycles. The number of thioether (sulfide) groups is 1. The van der Waals surface area contributed by atoms with Crippen molar-refractivity contribution in [2.75, 3.05) is 5.75 Å². The zero-order valence-electron chi connectivity index (χ0n) is 10.5. The van der Waals surface area contributed by atoms with Crippen LogP contribution in [0.1, 0.15) is 24.2 Å². The number of hydrogen-bond acceptors (Lipinski definition) is 5. The molecule has 1 aliphatic rings. The molecule has 7 nitrogen and oxygen atoms in total. The highest BCUT2D eigenvalue weighted by Crippen LogP contribution is 2.20. The molecule has 0 radical (unpaired) electrons. The van der Waals surface area contributed by atoms with Gasteiger partial charge in [-0.3, -0.25) is 14.2 Å². The third kappa shape index (κ3) is 2.48. The van der Waals surface area contributed by atoms with Crippen molar-refractivity contribution in [1.29, 1.82) is 0 Å². The number of nitrogens with zero attached hydrogens (tertiary/aromatic N) is 2. The fraction of sp³-hybridized carbons (Fsp3) is 0.455. The zero-order chi connectivity index (χ0) is 14.2. The smallest absolute Gasteiger partial charge is 0.328 e. The number of carbonyl (C=O) groups excluding carboxylic acids is 1. The lowest BCUT2D eigenvalue weighted by Crippen LogP contribution is -2.51. The first-order valence-electron chi connectivity index (χ1n) is 5.61. The number of carboxylic acid groups (broad SMARTS) is 1. The molecule has 102 valence electrons. The molecule has 0 unspecified atom stereocenters. The van der Waals surface area contributed by atoms with E-state index < -0.39 is 23.0 Å². The lowest BCUT2D eigenvalue weighted by molar-refractivity contribution is -0.143. The van der Waals surface area contributed by atoms with Crippen molar-refractivity contribution >= 4 is 23.6 Å². The van der Waals surface area contributed by atoms with Gasteiger partial charge in [0.25, 0.3) is 11.5 Å². The van der Waals surface area contributed by atoms with Gasteiger partial charge in [0.2, 0.25) is 0 Å². The average molecular weight is 283 g/mol. The Kier molecular flexibility index (Phi) is 3.36. The van der Waals surface area contributed by atoms with E-state index in [9.17, 15) is 14.4 Å². The first kappa shape index (κ1) is 13.6. The molecule has 0 aromatic carbocycles. The molecule has 1 aromatic heterocycles. The van der Waals surface area contributed by atoms with Crippen molar-refractivity contribution < 1.29 is 14.7 Å². The van der Waals surface area contributed by atoms with E-state index in [1.807, 2.05) is 0 Å². The number of hydrogen-bond donors (Lipinski definition) is 2. The topological polar surface area (TPSA) is 101 Å². The van der Waals surface area contributed by atoms with E-state index in [4.69, 9.17) is 5.11 Å². The van der Waals surface area contributed by atoms with Crippen molar-refractivity contribution in [3.8, 4) is 0 Å². The minimum atomic E-state index is -1.44. The van der Waals surface area contributed by atoms with E-state index in [-0.39, 0.29) is 5.56 Å². The molecule has 0 spiro atoms. The minimum Gasteiger partial charge on any atom is -0.480 e. The predicted octanol–water partition coefficient (Wildman–Crippen LogP) is -0.0580. The molecule has 1 aromatic rings. The van der Waals surface area contributed by atoms with Gasteiger partial charge in [-0.1, -0.05) is 11.8 Å². The van der Waals surface area contributed by atoms with E-state index >= 15 is 0 Å². The second kappa shape index (κ2) is 4.69. The van der Waals surface area contributed by atoms with Gasteiger partial charge in [0, 0.05) is 18.5 Å². The van der Waals surface area contributed by atoms with Gasteiger partial charge in [0.05, 0.1) is 0 Å². The summed E-state index contributed by atoms with van der Waals surface area (Å²) in [4.78, 5) is 39.0. The van der Waals surface area contributed by atoms with Crippen LogP contribution in [0.25, 0.3) is 0 Å². The maximum atomic E-state index is 12.1. The number of amides is 1. The van der Waals surface area contributed by atoms with Gasteiger partial charge in [-0.15, -0.1) is 0 Å². The molecular weight excluding hydrogens is 270 g/mol. The largest absolute Gasteiger partial charge is 0.480 e. The first-order valence-corrected chi connectivity index (χ1v) is 6.60.